The summed E-state index contributed by atoms with van der Waals surface area (Å²) >= 11 is 15.1. The molecule has 21 heavy (non-hydrogen) atoms. The van der Waals surface area contributed by atoms with Gasteiger partial charge < -0.3 is 0 Å². The molecule has 1 aromatic carbocycles. The van der Waals surface area contributed by atoms with Crippen LogP contribution >= 0.6 is 39.1 Å². The Morgan fingerprint density at radius 2 is 1.95 bits per heavy atom. The quantitative estimate of drug-likeness (QED) is 0.770. The predicted octanol–water partition coefficient (Wildman–Crippen LogP) is 4.19. The van der Waals surface area contributed by atoms with Crippen LogP contribution in [-0.4, -0.2) is 13.4 Å². The highest BCUT2D eigenvalue weighted by atomic mass is 79.9. The molecule has 1 N–H and O–H groups in total. The van der Waals surface area contributed by atoms with Gasteiger partial charge in [0.05, 0.1) is 0 Å². The maximum Gasteiger partial charge on any atom is 0.244 e. The van der Waals surface area contributed by atoms with Gasteiger partial charge in [-0.05, 0) is 40.5 Å². The van der Waals surface area contributed by atoms with E-state index in [-0.39, 0.29) is 10.0 Å². The maximum absolute atomic E-state index is 12.4. The fourth-order valence-electron chi connectivity index (χ4n) is 1.78. The molecule has 0 spiro atoms. The highest BCUT2D eigenvalue weighted by Gasteiger charge is 2.23. The van der Waals surface area contributed by atoms with Crippen LogP contribution in [0.1, 0.15) is 18.5 Å². The fourth-order valence-corrected chi connectivity index (χ4v) is 4.24. The number of nitrogens with one attached hydrogen (secondary N) is 1. The lowest BCUT2D eigenvalue weighted by Crippen LogP contribution is -2.27. The van der Waals surface area contributed by atoms with Gasteiger partial charge in [-0.3, -0.25) is 0 Å². The van der Waals surface area contributed by atoms with Gasteiger partial charge in [0.15, 0.2) is 0 Å². The molecule has 2 aromatic rings. The molecule has 0 fully saturated rings. The Balaban J connectivity index is 2.34. The summed E-state index contributed by atoms with van der Waals surface area (Å²) in [6.07, 6.45) is 1.43. The third-order valence-corrected chi connectivity index (χ3v) is 5.51. The average molecular weight is 410 g/mol. The molecule has 0 aliphatic rings. The first-order valence-corrected chi connectivity index (χ1v) is 8.92. The van der Waals surface area contributed by atoms with Crippen LogP contribution < -0.4 is 4.72 Å². The predicted molar refractivity (Wildman–Crippen MR) is 87.1 cm³/mol. The summed E-state index contributed by atoms with van der Waals surface area (Å²) in [6.45, 7) is 1.71. The largest absolute Gasteiger partial charge is 0.244 e. The number of hydrogen-bond acceptors (Lipinski definition) is 3. The lowest BCUT2D eigenvalue weighted by atomic mass is 10.1. The van der Waals surface area contributed by atoms with Gasteiger partial charge in [0.25, 0.3) is 0 Å². The number of nitrogens with zero attached hydrogens (tertiary/aromatic N) is 1. The van der Waals surface area contributed by atoms with Crippen molar-refractivity contribution >= 4 is 49.2 Å². The van der Waals surface area contributed by atoms with Gasteiger partial charge in [0.2, 0.25) is 10.0 Å². The Bertz CT molecular complexity index is 769. The molecule has 0 saturated carbocycles. The van der Waals surface area contributed by atoms with E-state index in [9.17, 15) is 8.42 Å². The molecule has 0 aliphatic heterocycles. The molecule has 2 rings (SSSR count). The summed E-state index contributed by atoms with van der Waals surface area (Å²) in [4.78, 5) is 3.73. The van der Waals surface area contributed by atoms with Crippen molar-refractivity contribution in [1.29, 1.82) is 0 Å². The summed E-state index contributed by atoms with van der Waals surface area (Å²) in [7, 11) is -3.81. The van der Waals surface area contributed by atoms with Crippen molar-refractivity contribution in [2.45, 2.75) is 17.9 Å². The minimum absolute atomic E-state index is 0.0857. The number of rotatable bonds is 4. The molecule has 0 radical (unpaired) electrons. The minimum Gasteiger partial charge on any atom is -0.242 e. The molecule has 8 heteroatoms. The Labute approximate surface area is 141 Å². The first-order chi connectivity index (χ1) is 9.81. The minimum atomic E-state index is -3.81. The summed E-state index contributed by atoms with van der Waals surface area (Å²) in [5.74, 6) is 0. The second-order valence-electron chi connectivity index (χ2n) is 4.31. The smallest absolute Gasteiger partial charge is 0.242 e. The van der Waals surface area contributed by atoms with Crippen molar-refractivity contribution in [3.8, 4) is 0 Å². The van der Waals surface area contributed by atoms with Crippen molar-refractivity contribution in [3.63, 3.8) is 0 Å². The summed E-state index contributed by atoms with van der Waals surface area (Å²) in [5.41, 5.74) is 0.682. The highest BCUT2D eigenvalue weighted by molar-refractivity contribution is 9.10. The molecule has 4 nitrogen and oxygen atoms in total. The molecule has 0 saturated heterocycles. The van der Waals surface area contributed by atoms with Gasteiger partial charge in [-0.15, -0.1) is 0 Å². The van der Waals surface area contributed by atoms with Crippen LogP contribution in [0.15, 0.2) is 45.9 Å². The van der Waals surface area contributed by atoms with Gasteiger partial charge in [-0.1, -0.05) is 41.4 Å². The third-order valence-electron chi connectivity index (χ3n) is 2.77. The number of benzene rings is 1. The molecule has 112 valence electrons. The van der Waals surface area contributed by atoms with Crippen molar-refractivity contribution in [1.82, 2.24) is 9.71 Å². The third kappa shape index (κ3) is 3.96. The van der Waals surface area contributed by atoms with E-state index in [0.29, 0.717) is 15.1 Å². The lowest BCUT2D eigenvalue weighted by molar-refractivity contribution is 0.566. The standard InChI is InChI=1S/C13H11BrCl2N2O2S/c1-8(10-4-2-3-5-11(10)15)18-21(19,20)12-6-9(14)7-17-13(12)16/h2-8,18H,1H3. The van der Waals surface area contributed by atoms with Crippen LogP contribution in [0.4, 0.5) is 0 Å². The van der Waals surface area contributed by atoms with E-state index in [0.717, 1.165) is 0 Å². The Morgan fingerprint density at radius 1 is 1.29 bits per heavy atom. The molecule has 1 aromatic heterocycles. The van der Waals surface area contributed by atoms with Gasteiger partial charge in [0, 0.05) is 21.7 Å². The van der Waals surface area contributed by atoms with Crippen LogP contribution in [0.25, 0.3) is 0 Å². The monoisotopic (exact) mass is 408 g/mol. The Hall–Kier alpha value is -0.660. The lowest BCUT2D eigenvalue weighted by Gasteiger charge is -2.16. The molecule has 0 bridgehead atoms. The molecular weight excluding hydrogens is 399 g/mol. The topological polar surface area (TPSA) is 59.1 Å². The number of aromatic nitrogens is 1. The zero-order valence-electron chi connectivity index (χ0n) is 10.8. The van der Waals surface area contributed by atoms with Crippen molar-refractivity contribution in [3.05, 3.63) is 56.7 Å². The van der Waals surface area contributed by atoms with Gasteiger partial charge in [0.1, 0.15) is 10.0 Å². The van der Waals surface area contributed by atoms with E-state index in [4.69, 9.17) is 23.2 Å². The molecule has 1 atom stereocenters. The van der Waals surface area contributed by atoms with Gasteiger partial charge >= 0.3 is 0 Å². The molecular formula is C13H11BrCl2N2O2S. The van der Waals surface area contributed by atoms with Crippen LogP contribution in [0.5, 0.6) is 0 Å². The normalized spacial score (nSPS) is 13.1. The number of sulfonamides is 1. The number of hydrogen-bond donors (Lipinski definition) is 1. The highest BCUT2D eigenvalue weighted by Crippen LogP contribution is 2.27. The summed E-state index contributed by atoms with van der Waals surface area (Å²) in [6, 6.07) is 7.93. The number of pyridine rings is 1. The Kier molecular flexibility index (Phi) is 5.27. The van der Waals surface area contributed by atoms with Crippen LogP contribution in [-0.2, 0) is 10.0 Å². The molecule has 1 heterocycles. The Morgan fingerprint density at radius 3 is 2.62 bits per heavy atom. The van der Waals surface area contributed by atoms with Crippen LogP contribution in [0.3, 0.4) is 0 Å². The van der Waals surface area contributed by atoms with Crippen LogP contribution in [0.2, 0.25) is 10.2 Å². The van der Waals surface area contributed by atoms with E-state index in [1.54, 1.807) is 31.2 Å². The van der Waals surface area contributed by atoms with E-state index < -0.39 is 16.1 Å². The van der Waals surface area contributed by atoms with Gasteiger partial charge in [-0.25, -0.2) is 18.1 Å². The first-order valence-electron chi connectivity index (χ1n) is 5.89. The van der Waals surface area contributed by atoms with E-state index >= 15 is 0 Å². The number of halogens is 3. The molecule has 1 unspecified atom stereocenters. The first kappa shape index (κ1) is 16.7. The maximum atomic E-state index is 12.4. The average Bonchev–Trinajstić information content (AvgIpc) is 2.41. The van der Waals surface area contributed by atoms with Crippen molar-refractivity contribution < 1.29 is 8.42 Å². The SMILES string of the molecule is CC(NS(=O)(=O)c1cc(Br)cnc1Cl)c1ccccc1Cl. The van der Waals surface area contributed by atoms with Crippen LogP contribution in [0, 0.1) is 0 Å². The van der Waals surface area contributed by atoms with E-state index in [2.05, 4.69) is 25.6 Å². The summed E-state index contributed by atoms with van der Waals surface area (Å²) in [5, 5.41) is 0.406. The second-order valence-corrected chi connectivity index (χ2v) is 7.67. The fraction of sp³-hybridized carbons (Fsp3) is 0.154. The van der Waals surface area contributed by atoms with E-state index in [1.807, 2.05) is 0 Å². The van der Waals surface area contributed by atoms with Crippen molar-refractivity contribution in [2.24, 2.45) is 0 Å². The van der Waals surface area contributed by atoms with Gasteiger partial charge in [-0.2, -0.15) is 0 Å². The molecule has 0 aliphatic carbocycles. The van der Waals surface area contributed by atoms with Crippen molar-refractivity contribution in [2.75, 3.05) is 0 Å². The zero-order valence-corrected chi connectivity index (χ0v) is 14.8. The summed E-state index contributed by atoms with van der Waals surface area (Å²) < 4.78 is 27.9. The second kappa shape index (κ2) is 6.62. The molecule has 0 amide bonds. The van der Waals surface area contributed by atoms with E-state index in [1.165, 1.54) is 12.3 Å². The zero-order chi connectivity index (χ0) is 15.6.